The van der Waals surface area contributed by atoms with Crippen LogP contribution >= 0.6 is 15.9 Å². The molecule has 0 aliphatic carbocycles. The Morgan fingerprint density at radius 1 is 0.806 bits per heavy atom. The van der Waals surface area contributed by atoms with Crippen LogP contribution in [0.5, 0.6) is 0 Å². The van der Waals surface area contributed by atoms with Crippen LogP contribution in [0.4, 0.5) is 0 Å². The molecule has 0 radical (unpaired) electrons. The van der Waals surface area contributed by atoms with Crippen LogP contribution in [0.25, 0.3) is 0 Å². The van der Waals surface area contributed by atoms with E-state index in [4.69, 9.17) is 14.4 Å². The van der Waals surface area contributed by atoms with Crippen LogP contribution < -0.4 is 5.46 Å². The summed E-state index contributed by atoms with van der Waals surface area (Å²) in [6.45, 7) is 14.1. The van der Waals surface area contributed by atoms with E-state index in [1.807, 2.05) is 76.2 Å². The Morgan fingerprint density at radius 3 is 1.58 bits per heavy atom. The summed E-state index contributed by atoms with van der Waals surface area (Å²) in [5, 5.41) is 18.5. The lowest BCUT2D eigenvalue weighted by Gasteiger charge is -2.33. The minimum Gasteiger partial charge on any atom is -0.407 e. The lowest BCUT2D eigenvalue weighted by atomic mass is 9.74. The van der Waals surface area contributed by atoms with E-state index in [1.54, 1.807) is 0 Å². The number of aliphatic hydroxyl groups is 2. The summed E-state index contributed by atoms with van der Waals surface area (Å²) in [5.41, 5.74) is 3.06. The maximum Gasteiger partial charge on any atom is 0.493 e. The molecule has 1 fully saturated rings. The summed E-state index contributed by atoms with van der Waals surface area (Å²) >= 11 is 3.37. The largest absolute Gasteiger partial charge is 0.493 e. The van der Waals surface area contributed by atoms with Gasteiger partial charge in [-0.3, -0.25) is 0 Å². The van der Waals surface area contributed by atoms with Crippen LogP contribution in [0.15, 0.2) is 53.0 Å². The highest BCUT2D eigenvalue weighted by atomic mass is 79.9. The minimum atomic E-state index is -0.265. The van der Waals surface area contributed by atoms with Gasteiger partial charge in [0.2, 0.25) is 0 Å². The van der Waals surface area contributed by atoms with Crippen LogP contribution in [-0.4, -0.2) is 43.8 Å². The van der Waals surface area contributed by atoms with Crippen molar-refractivity contribution in [1.29, 1.82) is 0 Å². The molecule has 4 nitrogen and oxygen atoms in total. The Bertz CT molecular complexity index is 806. The van der Waals surface area contributed by atoms with E-state index in [1.165, 1.54) is 0 Å². The zero-order valence-corrected chi connectivity index (χ0v) is 21.2. The van der Waals surface area contributed by atoms with Gasteiger partial charge in [0.25, 0.3) is 0 Å². The molecule has 1 saturated heterocycles. The molecular weight excluding hydrogens is 455 g/mol. The van der Waals surface area contributed by atoms with Crippen LogP contribution in [0, 0.1) is 5.41 Å². The molecule has 0 aromatic heterocycles. The van der Waals surface area contributed by atoms with Gasteiger partial charge < -0.3 is 19.5 Å². The van der Waals surface area contributed by atoms with Crippen molar-refractivity contribution in [2.75, 3.05) is 26.4 Å². The molecule has 0 spiro atoms. The monoisotopic (exact) mass is 490 g/mol. The number of aliphatic hydroxyl groups excluding tert-OH is 2. The van der Waals surface area contributed by atoms with Crippen LogP contribution in [-0.2, 0) is 20.1 Å². The van der Waals surface area contributed by atoms with E-state index in [9.17, 15) is 5.11 Å². The molecule has 0 atom stereocenters. The highest BCUT2D eigenvalue weighted by Gasteiger charge is 2.33. The third-order valence-electron chi connectivity index (χ3n) is 5.63. The molecule has 0 saturated carbocycles. The van der Waals surface area contributed by atoms with Gasteiger partial charge >= 0.3 is 7.12 Å². The molecule has 170 valence electrons. The van der Waals surface area contributed by atoms with E-state index in [-0.39, 0.29) is 36.6 Å². The number of benzene rings is 2. The van der Waals surface area contributed by atoms with Crippen LogP contribution in [0.1, 0.15) is 52.7 Å². The predicted molar refractivity (Wildman–Crippen MR) is 132 cm³/mol. The van der Waals surface area contributed by atoms with E-state index in [2.05, 4.69) is 29.8 Å². The molecule has 1 aliphatic rings. The summed E-state index contributed by atoms with van der Waals surface area (Å²) < 4.78 is 12.6. The summed E-state index contributed by atoms with van der Waals surface area (Å²) in [6.07, 6.45) is 0. The molecule has 0 amide bonds. The van der Waals surface area contributed by atoms with Crippen LogP contribution in [0.2, 0.25) is 0 Å². The fourth-order valence-electron chi connectivity index (χ4n) is 3.06. The van der Waals surface area contributed by atoms with Gasteiger partial charge in [0.1, 0.15) is 0 Å². The van der Waals surface area contributed by atoms with Gasteiger partial charge in [-0.15, -0.1) is 0 Å². The van der Waals surface area contributed by atoms with Gasteiger partial charge in [-0.25, -0.2) is 0 Å². The lowest BCUT2D eigenvalue weighted by molar-refractivity contribution is 0.0343. The Kier molecular flexibility index (Phi) is 8.94. The highest BCUT2D eigenvalue weighted by molar-refractivity contribution is 9.10. The SMILES string of the molecule is CC(C)(CO)c1ccc(Br)cc1.CC1(C)COB(c2ccc(C(C)(C)CO)cc2)OC1. The molecule has 2 aromatic rings. The molecule has 0 bridgehead atoms. The smallest absolute Gasteiger partial charge is 0.407 e. The third kappa shape index (κ3) is 7.43. The predicted octanol–water partition coefficient (Wildman–Crippen LogP) is 4.44. The molecule has 2 N–H and O–H groups in total. The number of hydrogen-bond donors (Lipinski definition) is 2. The standard InChI is InChI=1S/C15H23BO3.C10H13BrO/c1-14(2)10-18-16(19-11-14)13-7-5-12(6-8-13)15(3,4)9-17;1-10(2,7-12)8-3-5-9(11)6-4-8/h5-8,17H,9-11H2,1-4H3;3-6,12H,7H2,1-2H3. The normalized spacial score (nSPS) is 16.5. The van der Waals surface area contributed by atoms with E-state index in [0.717, 1.165) is 21.1 Å². The van der Waals surface area contributed by atoms with Gasteiger partial charge in [0.15, 0.2) is 0 Å². The fraction of sp³-hybridized carbons (Fsp3) is 0.520. The van der Waals surface area contributed by atoms with Gasteiger partial charge in [0, 0.05) is 33.9 Å². The first-order chi connectivity index (χ1) is 14.4. The van der Waals surface area contributed by atoms with E-state index >= 15 is 0 Å². The van der Waals surface area contributed by atoms with Gasteiger partial charge in [-0.1, -0.05) is 93.9 Å². The zero-order valence-electron chi connectivity index (χ0n) is 19.6. The van der Waals surface area contributed by atoms with Crippen molar-refractivity contribution in [3.8, 4) is 0 Å². The van der Waals surface area contributed by atoms with Crippen molar-refractivity contribution in [3.63, 3.8) is 0 Å². The topological polar surface area (TPSA) is 58.9 Å². The number of halogens is 1. The molecule has 1 aliphatic heterocycles. The minimum absolute atomic E-state index is 0.0926. The Balaban J connectivity index is 0.000000245. The van der Waals surface area contributed by atoms with Gasteiger partial charge in [-0.2, -0.15) is 0 Å². The Hall–Kier alpha value is -1.18. The summed E-state index contributed by atoms with van der Waals surface area (Å²) in [7, 11) is -0.265. The maximum atomic E-state index is 9.37. The van der Waals surface area contributed by atoms with Crippen molar-refractivity contribution >= 4 is 28.5 Å². The molecule has 0 unspecified atom stereocenters. The average molecular weight is 491 g/mol. The molecule has 31 heavy (non-hydrogen) atoms. The highest BCUT2D eigenvalue weighted by Crippen LogP contribution is 2.24. The molecule has 6 heteroatoms. The summed E-state index contributed by atoms with van der Waals surface area (Å²) in [5.74, 6) is 0. The average Bonchev–Trinajstić information content (AvgIpc) is 2.74. The van der Waals surface area contributed by atoms with E-state index in [0.29, 0.717) is 13.2 Å². The lowest BCUT2D eigenvalue weighted by Crippen LogP contribution is -2.47. The van der Waals surface area contributed by atoms with Crippen molar-refractivity contribution in [1.82, 2.24) is 0 Å². The Morgan fingerprint density at radius 2 is 1.19 bits per heavy atom. The summed E-state index contributed by atoms with van der Waals surface area (Å²) in [6, 6.07) is 16.2. The maximum absolute atomic E-state index is 9.37. The molecule has 3 rings (SSSR count). The first-order valence-electron chi connectivity index (χ1n) is 10.7. The van der Waals surface area contributed by atoms with Crippen LogP contribution in [0.3, 0.4) is 0 Å². The first-order valence-corrected chi connectivity index (χ1v) is 11.5. The van der Waals surface area contributed by atoms with Crippen molar-refractivity contribution in [3.05, 3.63) is 64.1 Å². The van der Waals surface area contributed by atoms with Crippen molar-refractivity contribution < 1.29 is 19.5 Å². The molecule has 2 aromatic carbocycles. The first kappa shape index (κ1) is 26.1. The van der Waals surface area contributed by atoms with E-state index < -0.39 is 0 Å². The summed E-state index contributed by atoms with van der Waals surface area (Å²) in [4.78, 5) is 0. The second-order valence-electron chi connectivity index (χ2n) is 10.3. The Labute approximate surface area is 196 Å². The van der Waals surface area contributed by atoms with Gasteiger partial charge in [-0.05, 0) is 28.7 Å². The van der Waals surface area contributed by atoms with Crippen molar-refractivity contribution in [2.45, 2.75) is 52.4 Å². The second kappa shape index (κ2) is 10.6. The second-order valence-corrected chi connectivity index (χ2v) is 11.2. The quantitative estimate of drug-likeness (QED) is 0.608. The number of hydrogen-bond acceptors (Lipinski definition) is 4. The molecule has 1 heterocycles. The van der Waals surface area contributed by atoms with Gasteiger partial charge in [0.05, 0.1) is 13.2 Å². The fourth-order valence-corrected chi connectivity index (χ4v) is 3.32. The third-order valence-corrected chi connectivity index (χ3v) is 6.16. The van der Waals surface area contributed by atoms with Crippen molar-refractivity contribution in [2.24, 2.45) is 5.41 Å². The molecular formula is C25H36BBrO4. The number of rotatable bonds is 5. The zero-order chi connectivity index (χ0) is 23.3.